The molecule has 1 amide bonds. The van der Waals surface area contributed by atoms with Crippen LogP contribution in [0.25, 0.3) is 0 Å². The third kappa shape index (κ3) is 4.64. The SMILES string of the molecule is COC(=O)c1c(C)[nH]c(C(=O)OCC(=O)NCc2cccc(Cl)c2)c1C. The summed E-state index contributed by atoms with van der Waals surface area (Å²) in [5.74, 6) is -1.72. The summed E-state index contributed by atoms with van der Waals surface area (Å²) in [6.07, 6.45) is 0. The fourth-order valence-electron chi connectivity index (χ4n) is 2.46. The Balaban J connectivity index is 1.92. The van der Waals surface area contributed by atoms with E-state index in [1.165, 1.54) is 7.11 Å². The molecule has 0 aliphatic rings. The van der Waals surface area contributed by atoms with E-state index in [4.69, 9.17) is 16.3 Å². The second-order valence-electron chi connectivity index (χ2n) is 5.60. The largest absolute Gasteiger partial charge is 0.465 e. The van der Waals surface area contributed by atoms with E-state index in [2.05, 4.69) is 15.0 Å². The van der Waals surface area contributed by atoms with Crippen LogP contribution in [0.3, 0.4) is 0 Å². The minimum atomic E-state index is -0.723. The first-order valence-electron chi connectivity index (χ1n) is 7.79. The molecule has 0 fully saturated rings. The number of ether oxygens (including phenoxy) is 2. The van der Waals surface area contributed by atoms with E-state index in [9.17, 15) is 14.4 Å². The summed E-state index contributed by atoms with van der Waals surface area (Å²) in [6, 6.07) is 7.06. The van der Waals surface area contributed by atoms with Gasteiger partial charge in [0.1, 0.15) is 5.69 Å². The second-order valence-corrected chi connectivity index (χ2v) is 6.04. The molecule has 0 aliphatic heterocycles. The molecule has 26 heavy (non-hydrogen) atoms. The number of aromatic amines is 1. The van der Waals surface area contributed by atoms with Gasteiger partial charge >= 0.3 is 11.9 Å². The molecule has 2 aromatic rings. The van der Waals surface area contributed by atoms with Crippen molar-refractivity contribution in [2.24, 2.45) is 0 Å². The third-order valence-electron chi connectivity index (χ3n) is 3.74. The van der Waals surface area contributed by atoms with Gasteiger partial charge in [-0.25, -0.2) is 9.59 Å². The van der Waals surface area contributed by atoms with Gasteiger partial charge in [-0.15, -0.1) is 0 Å². The number of H-pyrrole nitrogens is 1. The average molecular weight is 379 g/mol. The van der Waals surface area contributed by atoms with Crippen LogP contribution < -0.4 is 5.32 Å². The zero-order valence-electron chi connectivity index (χ0n) is 14.6. The molecule has 0 spiro atoms. The van der Waals surface area contributed by atoms with Crippen molar-refractivity contribution in [3.8, 4) is 0 Å². The van der Waals surface area contributed by atoms with Crippen molar-refractivity contribution in [1.82, 2.24) is 10.3 Å². The van der Waals surface area contributed by atoms with Crippen LogP contribution >= 0.6 is 11.6 Å². The maximum Gasteiger partial charge on any atom is 0.355 e. The molecule has 0 atom stereocenters. The van der Waals surface area contributed by atoms with Crippen LogP contribution in [0.15, 0.2) is 24.3 Å². The Kier molecular flexibility index (Phi) is 6.41. The number of carbonyl (C=O) groups is 3. The van der Waals surface area contributed by atoms with Crippen LogP contribution in [0.2, 0.25) is 5.02 Å². The van der Waals surface area contributed by atoms with Gasteiger partial charge in [0.2, 0.25) is 0 Å². The predicted octanol–water partition coefficient (Wildman–Crippen LogP) is 2.54. The molecule has 0 aliphatic carbocycles. The van der Waals surface area contributed by atoms with E-state index in [0.717, 1.165) is 5.56 Å². The monoisotopic (exact) mass is 378 g/mol. The maximum atomic E-state index is 12.2. The summed E-state index contributed by atoms with van der Waals surface area (Å²) in [5.41, 5.74) is 2.14. The first-order chi connectivity index (χ1) is 12.3. The molecule has 1 aromatic heterocycles. The standard InChI is InChI=1S/C18H19ClN2O5/c1-10-15(17(23)25-3)11(2)21-16(10)18(24)26-9-14(22)20-8-12-5-4-6-13(19)7-12/h4-7,21H,8-9H2,1-3H3,(H,20,22). The Labute approximate surface area is 155 Å². The van der Waals surface area contributed by atoms with Gasteiger partial charge < -0.3 is 19.8 Å². The number of halogens is 1. The zero-order chi connectivity index (χ0) is 19.3. The number of rotatable bonds is 6. The molecule has 0 bridgehead atoms. The van der Waals surface area contributed by atoms with Gasteiger partial charge in [-0.1, -0.05) is 23.7 Å². The van der Waals surface area contributed by atoms with E-state index < -0.39 is 24.5 Å². The lowest BCUT2D eigenvalue weighted by atomic mass is 10.1. The number of esters is 2. The molecule has 0 unspecified atom stereocenters. The van der Waals surface area contributed by atoms with E-state index in [-0.39, 0.29) is 17.8 Å². The number of methoxy groups -OCH3 is 1. The molecule has 2 rings (SSSR count). The molecule has 138 valence electrons. The summed E-state index contributed by atoms with van der Waals surface area (Å²) in [5, 5.41) is 3.20. The number of hydrogen-bond acceptors (Lipinski definition) is 5. The molecule has 2 N–H and O–H groups in total. The van der Waals surface area contributed by atoms with Crippen molar-refractivity contribution in [3.05, 3.63) is 57.4 Å². The van der Waals surface area contributed by atoms with Crippen LogP contribution in [0.1, 0.15) is 37.7 Å². The zero-order valence-corrected chi connectivity index (χ0v) is 15.4. The maximum absolute atomic E-state index is 12.2. The topological polar surface area (TPSA) is 97.5 Å². The van der Waals surface area contributed by atoms with Gasteiger partial charge in [-0.05, 0) is 37.1 Å². The Hall–Kier alpha value is -2.80. The normalized spacial score (nSPS) is 10.3. The van der Waals surface area contributed by atoms with Crippen molar-refractivity contribution in [2.75, 3.05) is 13.7 Å². The molecule has 1 aromatic carbocycles. The highest BCUT2D eigenvalue weighted by Crippen LogP contribution is 2.19. The van der Waals surface area contributed by atoms with Gasteiger partial charge in [-0.3, -0.25) is 4.79 Å². The van der Waals surface area contributed by atoms with Crippen molar-refractivity contribution < 1.29 is 23.9 Å². The van der Waals surface area contributed by atoms with Crippen molar-refractivity contribution >= 4 is 29.4 Å². The Morgan fingerprint density at radius 3 is 2.58 bits per heavy atom. The van der Waals surface area contributed by atoms with Gasteiger partial charge in [0, 0.05) is 17.3 Å². The molecule has 1 heterocycles. The van der Waals surface area contributed by atoms with E-state index >= 15 is 0 Å². The number of amides is 1. The number of carbonyl (C=O) groups excluding carboxylic acids is 3. The number of aryl methyl sites for hydroxylation is 1. The van der Waals surface area contributed by atoms with Crippen molar-refractivity contribution in [3.63, 3.8) is 0 Å². The van der Waals surface area contributed by atoms with Gasteiger partial charge in [0.15, 0.2) is 6.61 Å². The van der Waals surface area contributed by atoms with Gasteiger partial charge in [0.25, 0.3) is 5.91 Å². The lowest BCUT2D eigenvalue weighted by molar-refractivity contribution is -0.124. The highest BCUT2D eigenvalue weighted by Gasteiger charge is 2.23. The predicted molar refractivity (Wildman–Crippen MR) is 95.2 cm³/mol. The molecule has 0 saturated carbocycles. The first kappa shape index (κ1) is 19.5. The fourth-order valence-corrected chi connectivity index (χ4v) is 2.68. The Morgan fingerprint density at radius 2 is 1.92 bits per heavy atom. The highest BCUT2D eigenvalue weighted by atomic mass is 35.5. The van der Waals surface area contributed by atoms with E-state index in [1.54, 1.807) is 32.0 Å². The number of benzene rings is 1. The molecule has 0 radical (unpaired) electrons. The van der Waals surface area contributed by atoms with Gasteiger partial charge in [-0.2, -0.15) is 0 Å². The molecular formula is C18H19ClN2O5. The second kappa shape index (κ2) is 8.53. The highest BCUT2D eigenvalue weighted by molar-refractivity contribution is 6.30. The number of aromatic nitrogens is 1. The van der Waals surface area contributed by atoms with Crippen LogP contribution in [-0.4, -0.2) is 36.5 Å². The Morgan fingerprint density at radius 1 is 1.19 bits per heavy atom. The molecule has 8 heteroatoms. The quantitative estimate of drug-likeness (QED) is 0.753. The van der Waals surface area contributed by atoms with E-state index in [0.29, 0.717) is 16.3 Å². The fraction of sp³-hybridized carbons (Fsp3) is 0.278. The molecule has 7 nitrogen and oxygen atoms in total. The lowest BCUT2D eigenvalue weighted by Gasteiger charge is -2.07. The van der Waals surface area contributed by atoms with Crippen molar-refractivity contribution in [2.45, 2.75) is 20.4 Å². The van der Waals surface area contributed by atoms with E-state index in [1.807, 2.05) is 6.07 Å². The molecular weight excluding hydrogens is 360 g/mol. The third-order valence-corrected chi connectivity index (χ3v) is 3.98. The summed E-state index contributed by atoms with van der Waals surface area (Å²) in [4.78, 5) is 38.5. The Bertz CT molecular complexity index is 844. The van der Waals surface area contributed by atoms with Crippen LogP contribution in [0.4, 0.5) is 0 Å². The summed E-state index contributed by atoms with van der Waals surface area (Å²) >= 11 is 5.87. The van der Waals surface area contributed by atoms with Crippen LogP contribution in [0, 0.1) is 13.8 Å². The smallest absolute Gasteiger partial charge is 0.355 e. The molecule has 0 saturated heterocycles. The minimum absolute atomic E-state index is 0.116. The number of nitrogens with one attached hydrogen (secondary N) is 2. The van der Waals surface area contributed by atoms with Crippen LogP contribution in [0.5, 0.6) is 0 Å². The lowest BCUT2D eigenvalue weighted by Crippen LogP contribution is -2.28. The van der Waals surface area contributed by atoms with Crippen molar-refractivity contribution in [1.29, 1.82) is 0 Å². The first-order valence-corrected chi connectivity index (χ1v) is 8.17. The average Bonchev–Trinajstić information content (AvgIpc) is 2.91. The summed E-state index contributed by atoms with van der Waals surface area (Å²) < 4.78 is 9.69. The van der Waals surface area contributed by atoms with Gasteiger partial charge in [0.05, 0.1) is 12.7 Å². The number of hydrogen-bond donors (Lipinski definition) is 2. The summed E-state index contributed by atoms with van der Waals surface area (Å²) in [7, 11) is 1.26. The van der Waals surface area contributed by atoms with Crippen LogP contribution in [-0.2, 0) is 20.8 Å². The summed E-state index contributed by atoms with van der Waals surface area (Å²) in [6.45, 7) is 3.08. The minimum Gasteiger partial charge on any atom is -0.465 e.